The maximum absolute atomic E-state index is 11.4. The number of rotatable bonds is 7. The van der Waals surface area contributed by atoms with E-state index in [4.69, 9.17) is 11.6 Å². The molecule has 0 aliphatic carbocycles. The third kappa shape index (κ3) is 5.07. The van der Waals surface area contributed by atoms with Crippen LogP contribution in [0.2, 0.25) is 5.02 Å². The fraction of sp³-hybridized carbons (Fsp3) is 0.333. The summed E-state index contributed by atoms with van der Waals surface area (Å²) in [5.74, 6) is 0.758. The number of aromatic nitrogens is 2. The summed E-state index contributed by atoms with van der Waals surface area (Å²) in [6.45, 7) is 4.82. The van der Waals surface area contributed by atoms with E-state index in [-0.39, 0.29) is 11.5 Å². The summed E-state index contributed by atoms with van der Waals surface area (Å²) in [7, 11) is 0. The van der Waals surface area contributed by atoms with Gasteiger partial charge in [-0.2, -0.15) is 0 Å². The Morgan fingerprint density at radius 2 is 2.00 bits per heavy atom. The van der Waals surface area contributed by atoms with Gasteiger partial charge in [-0.25, -0.2) is 9.97 Å². The van der Waals surface area contributed by atoms with Crippen molar-refractivity contribution >= 4 is 34.9 Å². The number of hydrogen-bond acceptors (Lipinski definition) is 6. The van der Waals surface area contributed by atoms with Crippen LogP contribution in [0.25, 0.3) is 0 Å². The summed E-state index contributed by atoms with van der Waals surface area (Å²) in [6, 6.07) is 7.06. The number of anilines is 1. The van der Waals surface area contributed by atoms with E-state index in [0.29, 0.717) is 22.5 Å². The highest BCUT2D eigenvalue weighted by Gasteiger charge is 2.23. The average molecular weight is 353 g/mol. The number of nitrogens with one attached hydrogen (secondary N) is 1. The minimum Gasteiger partial charge on any atom is -0.364 e. The molecule has 0 spiro atoms. The molecular formula is C15H17ClN4O2S. The van der Waals surface area contributed by atoms with Crippen molar-refractivity contribution in [3.63, 3.8) is 0 Å². The molecule has 1 N–H and O–H groups in total. The van der Waals surface area contributed by atoms with E-state index in [9.17, 15) is 10.1 Å². The Hall–Kier alpha value is -1.86. The third-order valence-corrected chi connectivity index (χ3v) is 4.27. The van der Waals surface area contributed by atoms with Crippen molar-refractivity contribution in [2.24, 2.45) is 5.92 Å². The normalized spacial score (nSPS) is 10.8. The lowest BCUT2D eigenvalue weighted by molar-refractivity contribution is -0.387. The third-order valence-electron chi connectivity index (χ3n) is 3.01. The molecule has 0 aliphatic heterocycles. The summed E-state index contributed by atoms with van der Waals surface area (Å²) in [6.07, 6.45) is 2.24. The molecule has 1 aromatic carbocycles. The lowest BCUT2D eigenvalue weighted by Crippen LogP contribution is -2.09. The Labute approximate surface area is 143 Å². The highest BCUT2D eigenvalue weighted by Crippen LogP contribution is 2.36. The topological polar surface area (TPSA) is 81.0 Å². The summed E-state index contributed by atoms with van der Waals surface area (Å²) in [5.41, 5.74) is -0.101. The molecule has 8 heteroatoms. The second-order valence-electron chi connectivity index (χ2n) is 5.30. The zero-order valence-corrected chi connectivity index (χ0v) is 14.4. The maximum Gasteiger partial charge on any atom is 0.343 e. The monoisotopic (exact) mass is 352 g/mol. The van der Waals surface area contributed by atoms with Crippen LogP contribution >= 0.6 is 23.4 Å². The van der Waals surface area contributed by atoms with Crippen LogP contribution in [0.15, 0.2) is 40.5 Å². The predicted octanol–water partition coefficient (Wildman–Crippen LogP) is 4.65. The molecule has 1 aromatic heterocycles. The van der Waals surface area contributed by atoms with Crippen molar-refractivity contribution in [1.82, 2.24) is 9.97 Å². The van der Waals surface area contributed by atoms with Crippen molar-refractivity contribution in [3.05, 3.63) is 45.7 Å². The van der Waals surface area contributed by atoms with Gasteiger partial charge in [0.2, 0.25) is 5.82 Å². The molecule has 6 nitrogen and oxygen atoms in total. The van der Waals surface area contributed by atoms with Gasteiger partial charge in [-0.15, -0.1) is 0 Å². The van der Waals surface area contributed by atoms with Gasteiger partial charge in [0, 0.05) is 16.5 Å². The number of nitrogens with zero attached hydrogens (tertiary/aromatic N) is 3. The fourth-order valence-corrected chi connectivity index (χ4v) is 2.81. The van der Waals surface area contributed by atoms with E-state index in [2.05, 4.69) is 29.1 Å². The first-order chi connectivity index (χ1) is 11.0. The van der Waals surface area contributed by atoms with E-state index >= 15 is 0 Å². The lowest BCUT2D eigenvalue weighted by atomic mass is 10.1. The van der Waals surface area contributed by atoms with Crippen molar-refractivity contribution in [2.45, 2.75) is 30.2 Å². The first kappa shape index (κ1) is 17.5. The van der Waals surface area contributed by atoms with Crippen LogP contribution in [0.5, 0.6) is 0 Å². The van der Waals surface area contributed by atoms with E-state index in [1.54, 1.807) is 24.3 Å². The van der Waals surface area contributed by atoms with E-state index in [1.165, 1.54) is 18.1 Å². The Bertz CT molecular complexity index is 680. The van der Waals surface area contributed by atoms with Crippen LogP contribution in [0.3, 0.4) is 0 Å². The smallest absolute Gasteiger partial charge is 0.343 e. The second kappa shape index (κ2) is 8.12. The molecule has 0 aliphatic rings. The number of benzene rings is 1. The van der Waals surface area contributed by atoms with Gasteiger partial charge >= 0.3 is 5.69 Å². The summed E-state index contributed by atoms with van der Waals surface area (Å²) in [4.78, 5) is 19.9. The molecule has 2 aromatic rings. The van der Waals surface area contributed by atoms with Crippen LogP contribution in [-0.4, -0.2) is 21.4 Å². The van der Waals surface area contributed by atoms with Crippen LogP contribution in [0.1, 0.15) is 20.3 Å². The van der Waals surface area contributed by atoms with E-state index < -0.39 is 4.92 Å². The molecule has 0 radical (unpaired) electrons. The molecule has 0 bridgehead atoms. The molecule has 0 saturated heterocycles. The van der Waals surface area contributed by atoms with Gasteiger partial charge in [-0.3, -0.25) is 10.1 Å². The van der Waals surface area contributed by atoms with Crippen molar-refractivity contribution in [2.75, 3.05) is 11.9 Å². The van der Waals surface area contributed by atoms with Crippen molar-refractivity contribution in [3.8, 4) is 0 Å². The van der Waals surface area contributed by atoms with Crippen LogP contribution in [0, 0.1) is 16.0 Å². The lowest BCUT2D eigenvalue weighted by Gasteiger charge is -2.09. The molecule has 23 heavy (non-hydrogen) atoms. The molecule has 0 saturated carbocycles. The first-order valence-corrected chi connectivity index (χ1v) is 8.33. The molecule has 2 rings (SSSR count). The van der Waals surface area contributed by atoms with Crippen molar-refractivity contribution in [1.29, 1.82) is 0 Å². The quantitative estimate of drug-likeness (QED) is 0.444. The van der Waals surface area contributed by atoms with E-state index in [1.807, 2.05) is 0 Å². The highest BCUT2D eigenvalue weighted by atomic mass is 35.5. The molecule has 1 heterocycles. The van der Waals surface area contributed by atoms with Gasteiger partial charge in [-0.1, -0.05) is 37.2 Å². The Kier molecular flexibility index (Phi) is 6.18. The standard InChI is InChI=1S/C15H17ClN4O2S/c1-10(2)7-8-17-14-13(20(21)22)15(19-9-18-14)23-12-5-3-11(16)4-6-12/h3-6,9-10H,7-8H2,1-2H3,(H,17,18,19). The molecule has 0 unspecified atom stereocenters. The highest BCUT2D eigenvalue weighted by molar-refractivity contribution is 7.99. The maximum atomic E-state index is 11.4. The van der Waals surface area contributed by atoms with Crippen LogP contribution in [-0.2, 0) is 0 Å². The second-order valence-corrected chi connectivity index (χ2v) is 6.80. The van der Waals surface area contributed by atoms with E-state index in [0.717, 1.165) is 11.3 Å². The van der Waals surface area contributed by atoms with Gasteiger partial charge in [0.25, 0.3) is 0 Å². The molecule has 0 amide bonds. The van der Waals surface area contributed by atoms with Gasteiger partial charge < -0.3 is 5.32 Å². The van der Waals surface area contributed by atoms with Gasteiger partial charge in [0.1, 0.15) is 6.33 Å². The minimum atomic E-state index is -0.448. The zero-order valence-electron chi connectivity index (χ0n) is 12.8. The Morgan fingerprint density at radius 3 is 2.61 bits per heavy atom. The summed E-state index contributed by atoms with van der Waals surface area (Å²) in [5, 5.41) is 15.4. The zero-order chi connectivity index (χ0) is 16.8. The predicted molar refractivity (Wildman–Crippen MR) is 92.2 cm³/mol. The van der Waals surface area contributed by atoms with Gasteiger partial charge in [-0.05, 0) is 36.6 Å². The summed E-state index contributed by atoms with van der Waals surface area (Å²) >= 11 is 7.06. The fourth-order valence-electron chi connectivity index (χ4n) is 1.82. The SMILES string of the molecule is CC(C)CCNc1ncnc(Sc2ccc(Cl)cc2)c1[N+](=O)[O-]. The first-order valence-electron chi connectivity index (χ1n) is 7.14. The average Bonchev–Trinajstić information content (AvgIpc) is 2.49. The van der Waals surface area contributed by atoms with Gasteiger partial charge in [0.15, 0.2) is 5.03 Å². The molecule has 0 fully saturated rings. The van der Waals surface area contributed by atoms with Crippen molar-refractivity contribution < 1.29 is 4.92 Å². The van der Waals surface area contributed by atoms with Crippen LogP contribution in [0.4, 0.5) is 11.5 Å². The number of nitro groups is 1. The molecule has 122 valence electrons. The van der Waals surface area contributed by atoms with Crippen LogP contribution < -0.4 is 5.32 Å². The summed E-state index contributed by atoms with van der Waals surface area (Å²) < 4.78 is 0. The number of halogens is 1. The van der Waals surface area contributed by atoms with Gasteiger partial charge in [0.05, 0.1) is 4.92 Å². The Balaban J connectivity index is 2.24. The Morgan fingerprint density at radius 1 is 1.30 bits per heavy atom. The largest absolute Gasteiger partial charge is 0.364 e. The molecule has 0 atom stereocenters. The number of hydrogen-bond donors (Lipinski definition) is 1. The molecular weight excluding hydrogens is 336 g/mol. The minimum absolute atomic E-state index is 0.101.